The molecule has 0 amide bonds. The van der Waals surface area contributed by atoms with Gasteiger partial charge in [0.2, 0.25) is 0 Å². The molecule has 0 saturated heterocycles. The quantitative estimate of drug-likeness (QED) is 0.554. The van der Waals surface area contributed by atoms with E-state index in [-0.39, 0.29) is 5.82 Å². The Bertz CT molecular complexity index is 450. The zero-order valence-corrected chi connectivity index (χ0v) is 14.8. The van der Waals surface area contributed by atoms with Crippen molar-refractivity contribution in [3.63, 3.8) is 0 Å². The van der Waals surface area contributed by atoms with E-state index in [1.165, 1.54) is 34.5 Å². The monoisotopic (exact) mass is 378 g/mol. The van der Waals surface area contributed by atoms with Gasteiger partial charge < -0.3 is 4.74 Å². The van der Waals surface area contributed by atoms with Gasteiger partial charge in [0, 0.05) is 16.6 Å². The third kappa shape index (κ3) is 5.47. The van der Waals surface area contributed by atoms with E-state index in [0.717, 1.165) is 5.56 Å². The van der Waals surface area contributed by atoms with Gasteiger partial charge in [-0.3, -0.25) is 0 Å². The van der Waals surface area contributed by atoms with Gasteiger partial charge in [-0.25, -0.2) is 4.39 Å². The zero-order valence-electron chi connectivity index (χ0n) is 9.50. The zero-order chi connectivity index (χ0) is 13.4. The number of halogens is 3. The summed E-state index contributed by atoms with van der Waals surface area (Å²) in [6, 6.07) is 14.2. The molecule has 0 spiro atoms. The van der Waals surface area contributed by atoms with Crippen molar-refractivity contribution < 1.29 is 25.5 Å². The summed E-state index contributed by atoms with van der Waals surface area (Å²) in [7, 11) is 0. The van der Waals surface area contributed by atoms with Gasteiger partial charge >= 0.3 is 30.0 Å². The second-order valence-electron chi connectivity index (χ2n) is 3.29. The Labute approximate surface area is 127 Å². The summed E-state index contributed by atoms with van der Waals surface area (Å²) in [4.78, 5) is 0. The molecule has 0 bridgehead atoms. The Morgan fingerprint density at radius 3 is 2.72 bits per heavy atom. The summed E-state index contributed by atoms with van der Waals surface area (Å²) in [5.41, 5.74) is 0.935. The van der Waals surface area contributed by atoms with Gasteiger partial charge in [0.25, 0.3) is 0 Å². The molecule has 18 heavy (non-hydrogen) atoms. The molecule has 0 radical (unpaired) electrons. The molecule has 2 aromatic rings. The third-order valence-electron chi connectivity index (χ3n) is 2.02. The molecule has 0 aromatic heterocycles. The molecule has 0 saturated carbocycles. The fraction of sp³-hybridized carbons (Fsp3) is 0.0769. The van der Waals surface area contributed by atoms with Gasteiger partial charge in [0.15, 0.2) is 0 Å². The van der Waals surface area contributed by atoms with E-state index in [1.54, 1.807) is 12.1 Å². The van der Waals surface area contributed by atoms with Crippen LogP contribution in [-0.2, 0) is 22.9 Å². The van der Waals surface area contributed by atoms with E-state index in [0.29, 0.717) is 17.4 Å². The molecule has 0 aliphatic carbocycles. The molecule has 90 valence electrons. The molecule has 1 nitrogen and oxygen atoms in total. The first-order valence-electron chi connectivity index (χ1n) is 5.05. The summed E-state index contributed by atoms with van der Waals surface area (Å²) in [5, 5.41) is 0.657. The average molecular weight is 381 g/mol. The molecule has 0 aliphatic heterocycles. The summed E-state index contributed by atoms with van der Waals surface area (Å²) in [5.74, 6) is 0.0554. The number of hydrogen-bond acceptors (Lipinski definition) is 1. The van der Waals surface area contributed by atoms with E-state index in [1.807, 2.05) is 12.1 Å². The summed E-state index contributed by atoms with van der Waals surface area (Å²) in [6.45, 7) is 0.348. The first-order valence-corrected chi connectivity index (χ1v) is 12.4. The maximum absolute atomic E-state index is 12.8. The van der Waals surface area contributed by atoms with Crippen molar-refractivity contribution >= 4 is 25.2 Å². The molecule has 2 rings (SSSR count). The van der Waals surface area contributed by atoms with E-state index in [9.17, 15) is 4.39 Å². The Balaban J connectivity index is 0.000000771. The average Bonchev–Trinajstić information content (AvgIpc) is 2.39. The standard InChI is InChI=1S/C13H9ClFO.BrH.Zn/c14-11-4-1-3-10(7-11)9-16-13-6-2-5-12(15)8-13;;/h1-5,7-8H,9H2;1H;/q-1;;+2/p-1. The van der Waals surface area contributed by atoms with Gasteiger partial charge in [-0.1, -0.05) is 29.8 Å². The van der Waals surface area contributed by atoms with Crippen LogP contribution in [0.4, 0.5) is 4.39 Å². The van der Waals surface area contributed by atoms with Crippen molar-refractivity contribution in [3.8, 4) is 5.75 Å². The van der Waals surface area contributed by atoms with Crippen LogP contribution in [0.2, 0.25) is 5.02 Å². The van der Waals surface area contributed by atoms with Crippen molar-refractivity contribution in [1.29, 1.82) is 0 Å². The summed E-state index contributed by atoms with van der Waals surface area (Å²) in [6.07, 6.45) is 0. The Morgan fingerprint density at radius 2 is 2.06 bits per heavy atom. The predicted octanol–water partition coefficient (Wildman–Crippen LogP) is 4.70. The minimum absolute atomic E-state index is 0.333. The van der Waals surface area contributed by atoms with Gasteiger partial charge in [-0.05, 0) is 17.7 Å². The first kappa shape index (κ1) is 15.6. The fourth-order valence-corrected chi connectivity index (χ4v) is 1.50. The summed E-state index contributed by atoms with van der Waals surface area (Å²) >= 11 is 10.1. The van der Waals surface area contributed by atoms with Crippen molar-refractivity contribution in [1.82, 2.24) is 0 Å². The number of hydrogen-bond donors (Lipinski definition) is 0. The Kier molecular flexibility index (Phi) is 7.49. The van der Waals surface area contributed by atoms with Crippen LogP contribution < -0.4 is 4.74 Å². The summed E-state index contributed by atoms with van der Waals surface area (Å²) < 4.78 is 18.2. The molecule has 0 aliphatic rings. The molecule has 0 heterocycles. The molecule has 0 atom stereocenters. The molecule has 2 aromatic carbocycles. The van der Waals surface area contributed by atoms with Crippen LogP contribution in [0.5, 0.6) is 5.75 Å². The van der Waals surface area contributed by atoms with Crippen LogP contribution in [-0.4, -0.2) is 0 Å². The minimum atomic E-state index is -0.333. The van der Waals surface area contributed by atoms with Crippen molar-refractivity contribution in [2.45, 2.75) is 6.61 Å². The van der Waals surface area contributed by atoms with Crippen LogP contribution in [0.15, 0.2) is 42.5 Å². The van der Waals surface area contributed by atoms with Crippen molar-refractivity contribution in [3.05, 3.63) is 64.9 Å². The van der Waals surface area contributed by atoms with Gasteiger partial charge in [0.1, 0.15) is 6.61 Å². The van der Waals surface area contributed by atoms with E-state index >= 15 is 0 Å². The second kappa shape index (κ2) is 8.63. The van der Waals surface area contributed by atoms with E-state index < -0.39 is 0 Å². The van der Waals surface area contributed by atoms with Crippen molar-refractivity contribution in [2.24, 2.45) is 0 Å². The Morgan fingerprint density at radius 1 is 1.28 bits per heavy atom. The normalized spacial score (nSPS) is 9.39. The third-order valence-corrected chi connectivity index (χ3v) is 2.26. The van der Waals surface area contributed by atoms with Crippen LogP contribution in [0, 0.1) is 11.9 Å². The number of benzene rings is 2. The number of ether oxygens (including phenoxy) is 1. The molecule has 0 unspecified atom stereocenters. The maximum atomic E-state index is 12.8. The van der Waals surface area contributed by atoms with E-state index in [4.69, 9.17) is 16.3 Å². The van der Waals surface area contributed by atoms with E-state index in [2.05, 4.69) is 19.7 Å². The van der Waals surface area contributed by atoms with Crippen LogP contribution in [0.1, 0.15) is 5.56 Å². The molecular formula is C13H9BrClFOZn. The molecule has 0 N–H and O–H groups in total. The van der Waals surface area contributed by atoms with Crippen LogP contribution in [0.25, 0.3) is 0 Å². The topological polar surface area (TPSA) is 9.23 Å². The predicted molar refractivity (Wildman–Crippen MR) is 69.9 cm³/mol. The molecule has 0 fully saturated rings. The fourth-order valence-electron chi connectivity index (χ4n) is 1.29. The second-order valence-corrected chi connectivity index (χ2v) is 3.73. The van der Waals surface area contributed by atoms with Gasteiger partial charge in [0.05, 0.1) is 0 Å². The SMILES string of the molecule is Fc1cc[c-]c(OCc2cccc(Cl)c2)c1.[Zn+][Br]. The first-order chi connectivity index (χ1) is 8.74. The van der Waals surface area contributed by atoms with Crippen molar-refractivity contribution in [2.75, 3.05) is 0 Å². The van der Waals surface area contributed by atoms with Gasteiger partial charge in [-0.15, -0.1) is 12.1 Å². The molecule has 5 heteroatoms. The Hall–Kier alpha value is -0.437. The number of rotatable bonds is 3. The van der Waals surface area contributed by atoms with Gasteiger partial charge in [-0.2, -0.15) is 6.07 Å². The van der Waals surface area contributed by atoms with Crippen LogP contribution >= 0.6 is 25.2 Å². The molecular weight excluding hydrogens is 372 g/mol. The van der Waals surface area contributed by atoms with Crippen LogP contribution in [0.3, 0.4) is 0 Å².